The number of hydrogen-bond acceptors (Lipinski definition) is 6. The van der Waals surface area contributed by atoms with E-state index in [0.717, 1.165) is 122 Å². The van der Waals surface area contributed by atoms with Crippen LogP contribution < -0.4 is 0 Å². The largest absolute Gasteiger partial charge is 0.462 e. The van der Waals surface area contributed by atoms with Crippen LogP contribution in [0.15, 0.2) is 109 Å². The van der Waals surface area contributed by atoms with E-state index >= 15 is 0 Å². The van der Waals surface area contributed by atoms with Gasteiger partial charge in [-0.05, 0) is 128 Å². The Morgan fingerprint density at radius 2 is 0.481 bits per heavy atom. The Labute approximate surface area is 501 Å². The molecule has 0 aliphatic heterocycles. The number of carbonyl (C=O) groups is 3. The number of unbranched alkanes of at least 4 members (excludes halogenated alkanes) is 33. The van der Waals surface area contributed by atoms with Crippen molar-refractivity contribution >= 4 is 17.9 Å². The maximum Gasteiger partial charge on any atom is 0.306 e. The van der Waals surface area contributed by atoms with Crippen molar-refractivity contribution < 1.29 is 28.6 Å². The first kappa shape index (κ1) is 77.1. The highest BCUT2D eigenvalue weighted by Gasteiger charge is 2.19. The van der Waals surface area contributed by atoms with Crippen molar-refractivity contribution in [2.75, 3.05) is 13.2 Å². The summed E-state index contributed by atoms with van der Waals surface area (Å²) in [6, 6.07) is 0. The highest BCUT2D eigenvalue weighted by atomic mass is 16.6. The van der Waals surface area contributed by atoms with Gasteiger partial charge in [0.25, 0.3) is 0 Å². The van der Waals surface area contributed by atoms with Crippen LogP contribution in [0.3, 0.4) is 0 Å². The third kappa shape index (κ3) is 66.8. The lowest BCUT2D eigenvalue weighted by Crippen LogP contribution is -2.30. The van der Waals surface area contributed by atoms with E-state index in [0.29, 0.717) is 19.3 Å². The van der Waals surface area contributed by atoms with Crippen molar-refractivity contribution in [3.63, 3.8) is 0 Å². The first-order chi connectivity index (χ1) is 40.0. The summed E-state index contributed by atoms with van der Waals surface area (Å²) in [5, 5.41) is 0. The van der Waals surface area contributed by atoms with Gasteiger partial charge >= 0.3 is 17.9 Å². The standard InChI is InChI=1S/C75H128O6/c1-4-7-10-13-16-19-22-25-28-30-32-34-36-37-39-40-42-44-47-50-53-56-59-62-65-68-74(77)80-71-72(70-79-73(76)67-64-61-58-55-52-49-46-27-24-21-18-15-12-9-6-3)81-75(78)69-66-63-60-57-54-51-48-45-43-41-38-35-33-31-29-26-23-20-17-14-11-8-5-2/h8,11,17-18,20-22,25-27,29-30,32-33,35-37,46,72H,4-7,9-10,12-16,19,23-24,28,31,34,38-45,47-71H2,1-3H3/b11-8-,20-17-,21-18-,25-22-,29-26-,32-30-,35-33-,37-36-,46-27-. The van der Waals surface area contributed by atoms with Crippen molar-refractivity contribution in [1.29, 1.82) is 0 Å². The van der Waals surface area contributed by atoms with Crippen molar-refractivity contribution in [3.05, 3.63) is 109 Å². The third-order valence-electron chi connectivity index (χ3n) is 14.7. The summed E-state index contributed by atoms with van der Waals surface area (Å²) in [4.78, 5) is 38.4. The Kier molecular flexibility index (Phi) is 65.2. The van der Waals surface area contributed by atoms with E-state index in [-0.39, 0.29) is 31.1 Å². The molecule has 0 fully saturated rings. The molecule has 0 aliphatic rings. The molecule has 464 valence electrons. The lowest BCUT2D eigenvalue weighted by molar-refractivity contribution is -0.167. The van der Waals surface area contributed by atoms with E-state index in [4.69, 9.17) is 14.2 Å². The highest BCUT2D eigenvalue weighted by Crippen LogP contribution is 2.16. The SMILES string of the molecule is CC/C=C\C/C=C\C/C=C\C/C=C\CCCCCCCCCCCCC(=O)OC(COC(=O)CCCCCCC/C=C\C/C=C\CCCCC)COC(=O)CCCCCCCCCCCC/C=C\C/C=C\C/C=C\CCCCCCC. The molecule has 0 bridgehead atoms. The Bertz CT molecular complexity index is 1620. The van der Waals surface area contributed by atoms with Crippen molar-refractivity contribution in [1.82, 2.24) is 0 Å². The zero-order chi connectivity index (χ0) is 58.5. The second-order valence-corrected chi connectivity index (χ2v) is 22.7. The normalized spacial score (nSPS) is 12.8. The summed E-state index contributed by atoms with van der Waals surface area (Å²) in [5.74, 6) is -0.897. The topological polar surface area (TPSA) is 78.9 Å². The van der Waals surface area contributed by atoms with Gasteiger partial charge in [0.15, 0.2) is 6.10 Å². The molecule has 0 N–H and O–H groups in total. The van der Waals surface area contributed by atoms with E-state index in [1.807, 2.05) is 0 Å². The van der Waals surface area contributed by atoms with Crippen LogP contribution in [0.25, 0.3) is 0 Å². The van der Waals surface area contributed by atoms with Gasteiger partial charge in [-0.2, -0.15) is 0 Å². The molecular weight excluding hydrogens is 997 g/mol. The van der Waals surface area contributed by atoms with Gasteiger partial charge in [-0.1, -0.05) is 291 Å². The van der Waals surface area contributed by atoms with Gasteiger partial charge in [0.1, 0.15) is 13.2 Å². The van der Waals surface area contributed by atoms with Gasteiger partial charge in [-0.15, -0.1) is 0 Å². The molecule has 0 saturated heterocycles. The number of hydrogen-bond donors (Lipinski definition) is 0. The smallest absolute Gasteiger partial charge is 0.306 e. The first-order valence-electron chi connectivity index (χ1n) is 34.4. The Morgan fingerprint density at radius 3 is 0.778 bits per heavy atom. The van der Waals surface area contributed by atoms with Crippen LogP contribution in [0.1, 0.15) is 329 Å². The van der Waals surface area contributed by atoms with Crippen molar-refractivity contribution in [2.24, 2.45) is 0 Å². The minimum absolute atomic E-state index is 0.0863. The van der Waals surface area contributed by atoms with Crippen LogP contribution in [-0.2, 0) is 28.6 Å². The molecule has 0 heterocycles. The maximum atomic E-state index is 13.0. The average molecular weight is 1130 g/mol. The van der Waals surface area contributed by atoms with E-state index in [1.165, 1.54) is 167 Å². The van der Waals surface area contributed by atoms with Gasteiger partial charge in [-0.25, -0.2) is 0 Å². The third-order valence-corrected chi connectivity index (χ3v) is 14.7. The summed E-state index contributed by atoms with van der Waals surface area (Å²) in [5.41, 5.74) is 0. The number of ether oxygens (including phenoxy) is 3. The number of rotatable bonds is 62. The molecule has 1 unspecified atom stereocenters. The van der Waals surface area contributed by atoms with Crippen LogP contribution in [0.4, 0.5) is 0 Å². The van der Waals surface area contributed by atoms with Gasteiger partial charge in [0.2, 0.25) is 0 Å². The lowest BCUT2D eigenvalue weighted by atomic mass is 10.0. The zero-order valence-electron chi connectivity index (χ0n) is 53.3. The Hall–Kier alpha value is -3.93. The van der Waals surface area contributed by atoms with Crippen molar-refractivity contribution in [2.45, 2.75) is 335 Å². The summed E-state index contributed by atoms with van der Waals surface area (Å²) in [6.07, 6.45) is 93.8. The Morgan fingerprint density at radius 1 is 0.259 bits per heavy atom. The van der Waals surface area contributed by atoms with Crippen LogP contribution in [0.2, 0.25) is 0 Å². The molecule has 0 aromatic carbocycles. The monoisotopic (exact) mass is 1120 g/mol. The van der Waals surface area contributed by atoms with Crippen LogP contribution in [-0.4, -0.2) is 37.2 Å². The minimum atomic E-state index is -0.792. The van der Waals surface area contributed by atoms with E-state index in [1.54, 1.807) is 0 Å². The molecule has 0 amide bonds. The molecule has 1 atom stereocenters. The summed E-state index contributed by atoms with van der Waals surface area (Å²) >= 11 is 0. The fourth-order valence-corrected chi connectivity index (χ4v) is 9.59. The number of esters is 3. The summed E-state index contributed by atoms with van der Waals surface area (Å²) in [7, 11) is 0. The summed E-state index contributed by atoms with van der Waals surface area (Å²) in [6.45, 7) is 6.50. The molecule has 81 heavy (non-hydrogen) atoms. The molecule has 0 saturated carbocycles. The molecule has 0 aromatic heterocycles. The minimum Gasteiger partial charge on any atom is -0.462 e. The number of allylic oxidation sites excluding steroid dienone is 18. The molecular formula is C75H128O6. The van der Waals surface area contributed by atoms with E-state index in [9.17, 15) is 14.4 Å². The second kappa shape index (κ2) is 68.6. The maximum absolute atomic E-state index is 13.0. The molecule has 0 rings (SSSR count). The number of carbonyl (C=O) groups excluding carboxylic acids is 3. The van der Waals surface area contributed by atoms with Gasteiger partial charge < -0.3 is 14.2 Å². The predicted octanol–water partition coefficient (Wildman–Crippen LogP) is 23.8. The van der Waals surface area contributed by atoms with Crippen LogP contribution in [0.5, 0.6) is 0 Å². The fourth-order valence-electron chi connectivity index (χ4n) is 9.59. The molecule has 0 aliphatic carbocycles. The molecule has 0 aromatic rings. The lowest BCUT2D eigenvalue weighted by Gasteiger charge is -2.18. The van der Waals surface area contributed by atoms with Crippen LogP contribution in [0, 0.1) is 0 Å². The first-order valence-corrected chi connectivity index (χ1v) is 34.4. The molecule has 6 heteroatoms. The summed E-state index contributed by atoms with van der Waals surface area (Å²) < 4.78 is 17.0. The molecule has 0 spiro atoms. The predicted molar refractivity (Wildman–Crippen MR) is 353 cm³/mol. The Balaban J connectivity index is 4.37. The molecule has 6 nitrogen and oxygen atoms in total. The average Bonchev–Trinajstić information content (AvgIpc) is 3.47. The molecule has 0 radical (unpaired) electrons. The van der Waals surface area contributed by atoms with E-state index < -0.39 is 6.10 Å². The van der Waals surface area contributed by atoms with Gasteiger partial charge in [-0.3, -0.25) is 14.4 Å². The zero-order valence-corrected chi connectivity index (χ0v) is 53.3. The van der Waals surface area contributed by atoms with Crippen molar-refractivity contribution in [3.8, 4) is 0 Å². The van der Waals surface area contributed by atoms with Gasteiger partial charge in [0, 0.05) is 19.3 Å². The second-order valence-electron chi connectivity index (χ2n) is 22.7. The van der Waals surface area contributed by atoms with Crippen LogP contribution >= 0.6 is 0 Å². The fraction of sp³-hybridized carbons (Fsp3) is 0.720. The highest BCUT2D eigenvalue weighted by molar-refractivity contribution is 5.71. The van der Waals surface area contributed by atoms with Gasteiger partial charge in [0.05, 0.1) is 0 Å². The van der Waals surface area contributed by atoms with E-state index in [2.05, 4.69) is 130 Å². The quantitative estimate of drug-likeness (QED) is 0.0261.